The van der Waals surface area contributed by atoms with E-state index in [4.69, 9.17) is 11.6 Å². The summed E-state index contributed by atoms with van der Waals surface area (Å²) in [5.41, 5.74) is 0.453. The van der Waals surface area contributed by atoms with Gasteiger partial charge in [-0.25, -0.2) is 0 Å². The molecule has 1 aromatic heterocycles. The molecule has 1 aromatic rings. The van der Waals surface area contributed by atoms with E-state index in [1.54, 1.807) is 12.3 Å². The van der Waals surface area contributed by atoms with Crippen LogP contribution in [0.5, 0.6) is 0 Å². The molecule has 0 fully saturated rings. The molecule has 14 heavy (non-hydrogen) atoms. The molecule has 1 N–H and O–H groups in total. The number of carbonyl (C=O) groups excluding carboxylic acids is 1. The molecule has 5 heteroatoms. The standard InChI is InChI=1S/C9H10BrClN2O/c1-6(4-10)13-9(14)7-2-3-12-5-8(7)11/h2-3,5-6H,4H2,1H3,(H,13,14). The number of amides is 1. The Morgan fingerprint density at radius 1 is 1.79 bits per heavy atom. The first-order valence-electron chi connectivity index (χ1n) is 4.11. The van der Waals surface area contributed by atoms with Crippen LogP contribution in [0.25, 0.3) is 0 Å². The van der Waals surface area contributed by atoms with Crippen LogP contribution < -0.4 is 5.32 Å². The number of nitrogens with zero attached hydrogens (tertiary/aromatic N) is 1. The molecule has 0 saturated heterocycles. The second-order valence-corrected chi connectivity index (χ2v) is 3.94. The molecule has 1 unspecified atom stereocenters. The summed E-state index contributed by atoms with van der Waals surface area (Å²) in [4.78, 5) is 15.4. The fraction of sp³-hybridized carbons (Fsp3) is 0.333. The number of pyridine rings is 1. The molecule has 76 valence electrons. The van der Waals surface area contributed by atoms with Crippen LogP contribution in [0.4, 0.5) is 0 Å². The lowest BCUT2D eigenvalue weighted by atomic mass is 10.2. The van der Waals surface area contributed by atoms with Gasteiger partial charge in [0.2, 0.25) is 0 Å². The van der Waals surface area contributed by atoms with Crippen LogP contribution in [0, 0.1) is 0 Å². The van der Waals surface area contributed by atoms with Crippen LogP contribution in [-0.4, -0.2) is 22.3 Å². The average molecular weight is 278 g/mol. The monoisotopic (exact) mass is 276 g/mol. The molecular weight excluding hydrogens is 267 g/mol. The minimum Gasteiger partial charge on any atom is -0.349 e. The summed E-state index contributed by atoms with van der Waals surface area (Å²) in [6, 6.07) is 1.67. The van der Waals surface area contributed by atoms with E-state index in [0.29, 0.717) is 15.9 Å². The number of nitrogens with one attached hydrogen (secondary N) is 1. The summed E-state index contributed by atoms with van der Waals surface area (Å²) in [6.45, 7) is 1.90. The number of carbonyl (C=O) groups is 1. The lowest BCUT2D eigenvalue weighted by Crippen LogP contribution is -2.33. The Bertz CT molecular complexity index is 332. The van der Waals surface area contributed by atoms with Crippen molar-refractivity contribution in [3.8, 4) is 0 Å². The minimum atomic E-state index is -0.177. The van der Waals surface area contributed by atoms with Crippen molar-refractivity contribution >= 4 is 33.4 Å². The SMILES string of the molecule is CC(CBr)NC(=O)c1ccncc1Cl. The third-order valence-corrected chi connectivity index (χ3v) is 2.90. The zero-order valence-electron chi connectivity index (χ0n) is 7.63. The largest absolute Gasteiger partial charge is 0.349 e. The molecule has 0 bridgehead atoms. The van der Waals surface area contributed by atoms with Gasteiger partial charge in [0.05, 0.1) is 10.6 Å². The van der Waals surface area contributed by atoms with E-state index in [1.807, 2.05) is 6.92 Å². The van der Waals surface area contributed by atoms with Crippen LogP contribution in [-0.2, 0) is 0 Å². The summed E-state index contributed by atoms with van der Waals surface area (Å²) in [6.07, 6.45) is 2.99. The van der Waals surface area contributed by atoms with Gasteiger partial charge >= 0.3 is 0 Å². The number of alkyl halides is 1. The van der Waals surface area contributed by atoms with E-state index >= 15 is 0 Å². The average Bonchev–Trinajstić information content (AvgIpc) is 2.18. The highest BCUT2D eigenvalue weighted by Gasteiger charge is 2.11. The second-order valence-electron chi connectivity index (χ2n) is 2.88. The Hall–Kier alpha value is -0.610. The third kappa shape index (κ3) is 2.96. The fourth-order valence-corrected chi connectivity index (χ4v) is 1.27. The van der Waals surface area contributed by atoms with Crippen LogP contribution >= 0.6 is 27.5 Å². The van der Waals surface area contributed by atoms with Crippen molar-refractivity contribution in [2.45, 2.75) is 13.0 Å². The van der Waals surface area contributed by atoms with E-state index in [2.05, 4.69) is 26.2 Å². The van der Waals surface area contributed by atoms with Gasteiger partial charge in [-0.2, -0.15) is 0 Å². The molecule has 0 aliphatic carbocycles. The van der Waals surface area contributed by atoms with Crippen LogP contribution in [0.15, 0.2) is 18.5 Å². The smallest absolute Gasteiger partial charge is 0.253 e. The van der Waals surface area contributed by atoms with Gasteiger partial charge in [-0.15, -0.1) is 0 Å². The van der Waals surface area contributed by atoms with Gasteiger partial charge < -0.3 is 5.32 Å². The van der Waals surface area contributed by atoms with Gasteiger partial charge in [0.15, 0.2) is 0 Å². The molecule has 0 aliphatic heterocycles. The quantitative estimate of drug-likeness (QED) is 0.861. The number of hydrogen-bond donors (Lipinski definition) is 1. The Kier molecular flexibility index (Phi) is 4.35. The van der Waals surface area contributed by atoms with Crippen molar-refractivity contribution in [1.82, 2.24) is 10.3 Å². The molecule has 0 radical (unpaired) electrons. The highest BCUT2D eigenvalue weighted by Crippen LogP contribution is 2.13. The van der Waals surface area contributed by atoms with Gasteiger partial charge in [0.1, 0.15) is 0 Å². The first kappa shape index (κ1) is 11.5. The third-order valence-electron chi connectivity index (χ3n) is 1.63. The summed E-state index contributed by atoms with van der Waals surface area (Å²) >= 11 is 9.08. The maximum absolute atomic E-state index is 11.6. The van der Waals surface area contributed by atoms with Crippen molar-refractivity contribution < 1.29 is 4.79 Å². The Balaban J connectivity index is 2.75. The van der Waals surface area contributed by atoms with Crippen LogP contribution in [0.1, 0.15) is 17.3 Å². The maximum Gasteiger partial charge on any atom is 0.253 e. The van der Waals surface area contributed by atoms with E-state index in [-0.39, 0.29) is 11.9 Å². The highest BCUT2D eigenvalue weighted by atomic mass is 79.9. The van der Waals surface area contributed by atoms with E-state index in [1.165, 1.54) is 6.20 Å². The summed E-state index contributed by atoms with van der Waals surface area (Å²) in [5.74, 6) is -0.177. The number of hydrogen-bond acceptors (Lipinski definition) is 2. The number of halogens is 2. The molecule has 3 nitrogen and oxygen atoms in total. The molecule has 1 rings (SSSR count). The Morgan fingerprint density at radius 2 is 2.50 bits per heavy atom. The minimum absolute atomic E-state index is 0.0757. The van der Waals surface area contributed by atoms with Gasteiger partial charge in [0.25, 0.3) is 5.91 Å². The molecule has 0 saturated carbocycles. The van der Waals surface area contributed by atoms with Crippen LogP contribution in [0.3, 0.4) is 0 Å². The summed E-state index contributed by atoms with van der Waals surface area (Å²) in [5, 5.41) is 3.87. The van der Waals surface area contributed by atoms with Gasteiger partial charge in [0, 0.05) is 23.8 Å². The number of aromatic nitrogens is 1. The Morgan fingerprint density at radius 3 is 3.07 bits per heavy atom. The summed E-state index contributed by atoms with van der Waals surface area (Å²) in [7, 11) is 0. The second kappa shape index (κ2) is 5.32. The van der Waals surface area contributed by atoms with Crippen molar-refractivity contribution in [2.75, 3.05) is 5.33 Å². The first-order valence-corrected chi connectivity index (χ1v) is 5.61. The van der Waals surface area contributed by atoms with Gasteiger partial charge in [-0.1, -0.05) is 27.5 Å². The lowest BCUT2D eigenvalue weighted by molar-refractivity contribution is 0.0944. The molecule has 1 heterocycles. The van der Waals surface area contributed by atoms with E-state index < -0.39 is 0 Å². The molecule has 1 amide bonds. The normalized spacial score (nSPS) is 12.2. The van der Waals surface area contributed by atoms with Crippen molar-refractivity contribution in [3.05, 3.63) is 29.0 Å². The molecule has 1 atom stereocenters. The van der Waals surface area contributed by atoms with E-state index in [0.717, 1.165) is 0 Å². The highest BCUT2D eigenvalue weighted by molar-refractivity contribution is 9.09. The lowest BCUT2D eigenvalue weighted by Gasteiger charge is -2.10. The predicted molar refractivity (Wildman–Crippen MR) is 60.0 cm³/mol. The fourth-order valence-electron chi connectivity index (χ4n) is 0.899. The van der Waals surface area contributed by atoms with Crippen molar-refractivity contribution in [3.63, 3.8) is 0 Å². The topological polar surface area (TPSA) is 42.0 Å². The van der Waals surface area contributed by atoms with Gasteiger partial charge in [-0.3, -0.25) is 9.78 Å². The summed E-state index contributed by atoms with van der Waals surface area (Å²) < 4.78 is 0. The van der Waals surface area contributed by atoms with Crippen molar-refractivity contribution in [2.24, 2.45) is 0 Å². The van der Waals surface area contributed by atoms with Crippen LogP contribution in [0.2, 0.25) is 5.02 Å². The maximum atomic E-state index is 11.6. The molecule has 0 aliphatic rings. The van der Waals surface area contributed by atoms with Gasteiger partial charge in [-0.05, 0) is 13.0 Å². The zero-order valence-corrected chi connectivity index (χ0v) is 9.97. The molecule has 0 aromatic carbocycles. The Labute approximate surface area is 96.0 Å². The van der Waals surface area contributed by atoms with Crippen molar-refractivity contribution in [1.29, 1.82) is 0 Å². The molecular formula is C9H10BrClN2O. The zero-order chi connectivity index (χ0) is 10.6. The molecule has 0 spiro atoms. The van der Waals surface area contributed by atoms with E-state index in [9.17, 15) is 4.79 Å². The first-order chi connectivity index (χ1) is 6.65. The predicted octanol–water partition coefficient (Wildman–Crippen LogP) is 2.25. The number of rotatable bonds is 3.